The van der Waals surface area contributed by atoms with Crippen LogP contribution in [0.1, 0.15) is 31.5 Å². The molecule has 88 valence electrons. The molecule has 0 aromatic carbocycles. The largest absolute Gasteiger partial charge is 0.328 e. The summed E-state index contributed by atoms with van der Waals surface area (Å²) in [5.41, 5.74) is 5.91. The normalized spacial score (nSPS) is 25.9. The molecule has 0 amide bonds. The molecular formula is C12H20N4. The Morgan fingerprint density at radius 1 is 1.25 bits per heavy atom. The predicted molar refractivity (Wildman–Crippen MR) is 63.7 cm³/mol. The molecule has 0 radical (unpaired) electrons. The Balaban J connectivity index is 1.86. The van der Waals surface area contributed by atoms with Gasteiger partial charge in [-0.3, -0.25) is 4.90 Å². The van der Waals surface area contributed by atoms with Gasteiger partial charge in [-0.2, -0.15) is 0 Å². The minimum Gasteiger partial charge on any atom is -0.328 e. The van der Waals surface area contributed by atoms with Crippen LogP contribution in [-0.4, -0.2) is 34.0 Å². The lowest BCUT2D eigenvalue weighted by atomic mass is 9.91. The van der Waals surface area contributed by atoms with E-state index in [9.17, 15) is 0 Å². The quantitative estimate of drug-likeness (QED) is 0.831. The summed E-state index contributed by atoms with van der Waals surface area (Å²) in [5, 5.41) is 0. The third-order valence-electron chi connectivity index (χ3n) is 3.37. The molecule has 0 spiro atoms. The topological polar surface area (TPSA) is 55.0 Å². The van der Waals surface area contributed by atoms with Gasteiger partial charge < -0.3 is 5.73 Å². The fourth-order valence-electron chi connectivity index (χ4n) is 2.31. The average Bonchev–Trinajstić information content (AvgIpc) is 2.31. The standard InChI is InChI=1S/C12H20N4/c1-16(9-12-14-7-2-8-15-12)11-5-3-10(13)4-6-11/h2,7-8,10-11H,3-6,9,13H2,1H3. The lowest BCUT2D eigenvalue weighted by Crippen LogP contribution is -2.38. The summed E-state index contributed by atoms with van der Waals surface area (Å²) in [6.07, 6.45) is 8.28. The van der Waals surface area contributed by atoms with Crippen molar-refractivity contribution >= 4 is 0 Å². The minimum absolute atomic E-state index is 0.414. The second kappa shape index (κ2) is 5.37. The predicted octanol–water partition coefficient (Wildman–Crippen LogP) is 1.18. The van der Waals surface area contributed by atoms with Gasteiger partial charge in [0.05, 0.1) is 6.54 Å². The first kappa shape index (κ1) is 11.5. The van der Waals surface area contributed by atoms with Crippen LogP contribution in [0.3, 0.4) is 0 Å². The fraction of sp³-hybridized carbons (Fsp3) is 0.667. The summed E-state index contributed by atoms with van der Waals surface area (Å²) in [7, 11) is 2.15. The van der Waals surface area contributed by atoms with Crippen LogP contribution in [0.4, 0.5) is 0 Å². The van der Waals surface area contributed by atoms with E-state index < -0.39 is 0 Å². The van der Waals surface area contributed by atoms with Gasteiger partial charge >= 0.3 is 0 Å². The Labute approximate surface area is 96.9 Å². The van der Waals surface area contributed by atoms with Gasteiger partial charge in [0.2, 0.25) is 0 Å². The molecule has 1 heterocycles. The number of hydrogen-bond acceptors (Lipinski definition) is 4. The van der Waals surface area contributed by atoms with Gasteiger partial charge in [0.1, 0.15) is 5.82 Å². The maximum absolute atomic E-state index is 5.91. The van der Waals surface area contributed by atoms with Crippen LogP contribution in [0.15, 0.2) is 18.5 Å². The molecule has 2 N–H and O–H groups in total. The third kappa shape index (κ3) is 3.00. The average molecular weight is 220 g/mol. The van der Waals surface area contributed by atoms with E-state index in [1.165, 1.54) is 12.8 Å². The molecule has 1 saturated carbocycles. The van der Waals surface area contributed by atoms with Crippen LogP contribution < -0.4 is 5.73 Å². The first-order chi connectivity index (χ1) is 7.75. The minimum atomic E-state index is 0.414. The zero-order valence-electron chi connectivity index (χ0n) is 9.84. The Bertz CT molecular complexity index is 306. The van der Waals surface area contributed by atoms with Crippen molar-refractivity contribution in [2.45, 2.75) is 44.3 Å². The van der Waals surface area contributed by atoms with E-state index in [1.807, 2.05) is 6.07 Å². The molecule has 0 bridgehead atoms. The summed E-state index contributed by atoms with van der Waals surface area (Å²) in [6.45, 7) is 0.834. The lowest BCUT2D eigenvalue weighted by molar-refractivity contribution is 0.172. The van der Waals surface area contributed by atoms with E-state index in [0.717, 1.165) is 25.2 Å². The van der Waals surface area contributed by atoms with Gasteiger partial charge in [-0.1, -0.05) is 0 Å². The van der Waals surface area contributed by atoms with Crippen LogP contribution in [0.5, 0.6) is 0 Å². The monoisotopic (exact) mass is 220 g/mol. The van der Waals surface area contributed by atoms with Crippen molar-refractivity contribution in [1.82, 2.24) is 14.9 Å². The maximum atomic E-state index is 5.91. The zero-order chi connectivity index (χ0) is 11.4. The molecule has 0 atom stereocenters. The van der Waals surface area contributed by atoms with Gasteiger partial charge in [0.25, 0.3) is 0 Å². The molecular weight excluding hydrogens is 200 g/mol. The van der Waals surface area contributed by atoms with Gasteiger partial charge in [-0.15, -0.1) is 0 Å². The highest BCUT2D eigenvalue weighted by atomic mass is 15.1. The molecule has 4 nitrogen and oxygen atoms in total. The molecule has 1 aliphatic carbocycles. The summed E-state index contributed by atoms with van der Waals surface area (Å²) >= 11 is 0. The highest BCUT2D eigenvalue weighted by Crippen LogP contribution is 2.21. The lowest BCUT2D eigenvalue weighted by Gasteiger charge is -2.33. The van der Waals surface area contributed by atoms with Crippen molar-refractivity contribution in [1.29, 1.82) is 0 Å². The zero-order valence-corrected chi connectivity index (χ0v) is 9.84. The highest BCUT2D eigenvalue weighted by molar-refractivity contribution is 4.89. The molecule has 0 saturated heterocycles. The molecule has 16 heavy (non-hydrogen) atoms. The first-order valence-corrected chi connectivity index (χ1v) is 5.97. The van der Waals surface area contributed by atoms with Crippen molar-refractivity contribution in [3.05, 3.63) is 24.3 Å². The van der Waals surface area contributed by atoms with E-state index in [-0.39, 0.29) is 0 Å². The molecule has 4 heteroatoms. The number of aromatic nitrogens is 2. The van der Waals surface area contributed by atoms with E-state index in [2.05, 4.69) is 21.9 Å². The molecule has 1 aromatic rings. The number of hydrogen-bond donors (Lipinski definition) is 1. The summed E-state index contributed by atoms with van der Waals surface area (Å²) in [5.74, 6) is 0.903. The van der Waals surface area contributed by atoms with Gasteiger partial charge in [-0.05, 0) is 38.8 Å². The molecule has 0 aliphatic heterocycles. The van der Waals surface area contributed by atoms with Crippen molar-refractivity contribution in [3.8, 4) is 0 Å². The van der Waals surface area contributed by atoms with Gasteiger partial charge in [0.15, 0.2) is 0 Å². The Morgan fingerprint density at radius 2 is 1.88 bits per heavy atom. The van der Waals surface area contributed by atoms with Crippen LogP contribution in [-0.2, 0) is 6.54 Å². The van der Waals surface area contributed by atoms with Crippen molar-refractivity contribution < 1.29 is 0 Å². The maximum Gasteiger partial charge on any atom is 0.142 e. The molecule has 1 aromatic heterocycles. The summed E-state index contributed by atoms with van der Waals surface area (Å²) in [6, 6.07) is 2.91. The van der Waals surface area contributed by atoms with Crippen LogP contribution in [0.25, 0.3) is 0 Å². The van der Waals surface area contributed by atoms with Gasteiger partial charge in [-0.25, -0.2) is 9.97 Å². The van der Waals surface area contributed by atoms with Crippen LogP contribution >= 0.6 is 0 Å². The smallest absolute Gasteiger partial charge is 0.142 e. The van der Waals surface area contributed by atoms with Crippen molar-refractivity contribution in [2.24, 2.45) is 5.73 Å². The third-order valence-corrected chi connectivity index (χ3v) is 3.37. The van der Waals surface area contributed by atoms with Crippen molar-refractivity contribution in [3.63, 3.8) is 0 Å². The fourth-order valence-corrected chi connectivity index (χ4v) is 2.31. The number of nitrogens with two attached hydrogens (primary N) is 1. The second-order valence-electron chi connectivity index (χ2n) is 4.65. The molecule has 1 fully saturated rings. The highest BCUT2D eigenvalue weighted by Gasteiger charge is 2.22. The van der Waals surface area contributed by atoms with E-state index in [0.29, 0.717) is 12.1 Å². The summed E-state index contributed by atoms with van der Waals surface area (Å²) < 4.78 is 0. The SMILES string of the molecule is CN(Cc1ncccn1)C1CCC(N)CC1. The van der Waals surface area contributed by atoms with Crippen LogP contribution in [0, 0.1) is 0 Å². The Morgan fingerprint density at radius 3 is 2.50 bits per heavy atom. The molecule has 1 aliphatic rings. The Hall–Kier alpha value is -1.00. The van der Waals surface area contributed by atoms with Crippen molar-refractivity contribution in [2.75, 3.05) is 7.05 Å². The van der Waals surface area contributed by atoms with Gasteiger partial charge in [0, 0.05) is 24.5 Å². The second-order valence-corrected chi connectivity index (χ2v) is 4.65. The molecule has 0 unspecified atom stereocenters. The van der Waals surface area contributed by atoms with E-state index in [1.54, 1.807) is 12.4 Å². The number of nitrogens with zero attached hydrogens (tertiary/aromatic N) is 3. The summed E-state index contributed by atoms with van der Waals surface area (Å²) in [4.78, 5) is 10.9. The molecule has 2 rings (SSSR count). The van der Waals surface area contributed by atoms with E-state index in [4.69, 9.17) is 5.73 Å². The number of rotatable bonds is 3. The van der Waals surface area contributed by atoms with E-state index >= 15 is 0 Å². The first-order valence-electron chi connectivity index (χ1n) is 5.97. The van der Waals surface area contributed by atoms with Crippen LogP contribution in [0.2, 0.25) is 0 Å². The Kier molecular flexibility index (Phi) is 3.85.